The molecular weight excluding hydrogens is 480 g/mol. The number of piperidine rings is 1. The first kappa shape index (κ1) is 22.1. The van der Waals surface area contributed by atoms with Gasteiger partial charge >= 0.3 is 0 Å². The number of halogens is 1. The fourth-order valence-corrected chi connectivity index (χ4v) is 7.14. The predicted molar refractivity (Wildman–Crippen MR) is 131 cm³/mol. The van der Waals surface area contributed by atoms with Crippen LogP contribution in [0.4, 0.5) is 5.69 Å². The maximum Gasteiger partial charge on any atom is 0.252 e. The van der Waals surface area contributed by atoms with Crippen molar-refractivity contribution in [2.45, 2.75) is 17.1 Å². The second kappa shape index (κ2) is 8.90. The number of sulfonamides is 1. The fraction of sp³-hybridized carbons (Fsp3) is 0.217. The molecule has 7 nitrogen and oxygen atoms in total. The van der Waals surface area contributed by atoms with E-state index >= 15 is 0 Å². The number of nitrogens with zero attached hydrogens (tertiary/aromatic N) is 2. The third-order valence-electron chi connectivity index (χ3n) is 5.80. The van der Waals surface area contributed by atoms with Gasteiger partial charge in [0, 0.05) is 24.6 Å². The lowest BCUT2D eigenvalue weighted by Crippen LogP contribution is -2.41. The Balaban J connectivity index is 1.29. The summed E-state index contributed by atoms with van der Waals surface area (Å²) in [6.45, 7) is 0.586. The van der Waals surface area contributed by atoms with E-state index in [9.17, 15) is 13.2 Å². The van der Waals surface area contributed by atoms with Crippen molar-refractivity contribution in [1.29, 1.82) is 0 Å². The molecule has 3 heterocycles. The molecule has 0 radical (unpaired) electrons. The molecule has 1 fully saturated rings. The van der Waals surface area contributed by atoms with Gasteiger partial charge < -0.3 is 10.3 Å². The quantitative estimate of drug-likeness (QED) is 0.404. The first-order chi connectivity index (χ1) is 15.9. The largest absolute Gasteiger partial charge is 0.338 e. The second-order valence-corrected chi connectivity index (χ2v) is 11.8. The van der Waals surface area contributed by atoms with Gasteiger partial charge in [-0.25, -0.2) is 13.4 Å². The summed E-state index contributed by atoms with van der Waals surface area (Å²) in [6, 6.07) is 18.4. The summed E-state index contributed by atoms with van der Waals surface area (Å²) in [5.74, 6) is 0.296. The van der Waals surface area contributed by atoms with Gasteiger partial charge in [-0.15, -0.1) is 11.3 Å². The Bertz CT molecular complexity index is 1390. The van der Waals surface area contributed by atoms with Gasteiger partial charge in [0.2, 0.25) is 5.91 Å². The minimum atomic E-state index is -3.58. The molecule has 1 amide bonds. The van der Waals surface area contributed by atoms with Crippen molar-refractivity contribution >= 4 is 55.6 Å². The molecule has 0 saturated carbocycles. The number of hydrogen-bond acceptors (Lipinski definition) is 5. The van der Waals surface area contributed by atoms with Crippen LogP contribution in [0.3, 0.4) is 0 Å². The Kier molecular flexibility index (Phi) is 5.96. The number of H-pyrrole nitrogens is 1. The number of benzene rings is 2. The van der Waals surface area contributed by atoms with Crippen molar-refractivity contribution in [2.75, 3.05) is 18.4 Å². The van der Waals surface area contributed by atoms with Crippen LogP contribution in [0, 0.1) is 5.92 Å². The van der Waals surface area contributed by atoms with Crippen LogP contribution in [0.15, 0.2) is 64.9 Å². The van der Waals surface area contributed by atoms with Crippen LogP contribution in [0.2, 0.25) is 4.34 Å². The molecule has 2 aromatic heterocycles. The van der Waals surface area contributed by atoms with Gasteiger partial charge in [-0.3, -0.25) is 4.79 Å². The smallest absolute Gasteiger partial charge is 0.252 e. The Morgan fingerprint density at radius 1 is 1.06 bits per heavy atom. The summed E-state index contributed by atoms with van der Waals surface area (Å²) in [5.41, 5.74) is 3.25. The summed E-state index contributed by atoms with van der Waals surface area (Å²) in [7, 11) is -3.58. The van der Waals surface area contributed by atoms with Crippen LogP contribution in [0.1, 0.15) is 12.8 Å². The van der Waals surface area contributed by atoms with Crippen molar-refractivity contribution in [3.05, 3.63) is 65.0 Å². The van der Waals surface area contributed by atoms with Crippen LogP contribution in [0.5, 0.6) is 0 Å². The van der Waals surface area contributed by atoms with E-state index in [1.54, 1.807) is 6.07 Å². The number of thiophene rings is 1. The molecule has 170 valence electrons. The zero-order chi connectivity index (χ0) is 23.0. The van der Waals surface area contributed by atoms with Gasteiger partial charge in [0.15, 0.2) is 0 Å². The Morgan fingerprint density at radius 2 is 1.79 bits per heavy atom. The number of para-hydroxylation sites is 3. The predicted octanol–water partition coefficient (Wildman–Crippen LogP) is 4.98. The molecule has 5 rings (SSSR count). The number of aromatic nitrogens is 2. The van der Waals surface area contributed by atoms with E-state index in [4.69, 9.17) is 11.6 Å². The average molecular weight is 501 g/mol. The van der Waals surface area contributed by atoms with Gasteiger partial charge in [0.1, 0.15) is 10.0 Å². The number of carbonyl (C=O) groups excluding carboxylic acids is 1. The first-order valence-corrected chi connectivity index (χ1v) is 13.2. The van der Waals surface area contributed by atoms with Gasteiger partial charge in [-0.1, -0.05) is 35.9 Å². The number of aromatic amines is 1. The van der Waals surface area contributed by atoms with Crippen LogP contribution in [-0.4, -0.2) is 41.7 Å². The van der Waals surface area contributed by atoms with Crippen LogP contribution < -0.4 is 5.32 Å². The number of nitrogens with one attached hydrogen (secondary N) is 2. The third-order valence-corrected chi connectivity index (χ3v) is 9.39. The summed E-state index contributed by atoms with van der Waals surface area (Å²) in [5, 5.41) is 3.03. The molecule has 2 aromatic carbocycles. The zero-order valence-corrected chi connectivity index (χ0v) is 19.9. The molecule has 1 saturated heterocycles. The highest BCUT2D eigenvalue weighted by molar-refractivity contribution is 7.91. The minimum absolute atomic E-state index is 0.116. The van der Waals surface area contributed by atoms with Gasteiger partial charge in [0.05, 0.1) is 21.1 Å². The van der Waals surface area contributed by atoms with Crippen molar-refractivity contribution in [1.82, 2.24) is 14.3 Å². The lowest BCUT2D eigenvalue weighted by molar-refractivity contribution is -0.120. The summed E-state index contributed by atoms with van der Waals surface area (Å²) in [4.78, 5) is 21.0. The minimum Gasteiger partial charge on any atom is -0.338 e. The SMILES string of the molecule is O=C(Nc1ccccc1-c1nc2ccccc2[nH]1)C1CCN(S(=O)(=O)c2ccc(Cl)s2)CC1. The van der Waals surface area contributed by atoms with E-state index in [2.05, 4.69) is 15.3 Å². The van der Waals surface area contributed by atoms with E-state index in [1.165, 1.54) is 10.4 Å². The van der Waals surface area contributed by atoms with Gasteiger partial charge in [0.25, 0.3) is 10.0 Å². The highest BCUT2D eigenvalue weighted by Gasteiger charge is 2.33. The van der Waals surface area contributed by atoms with Crippen molar-refractivity contribution in [2.24, 2.45) is 5.92 Å². The molecule has 4 aromatic rings. The van der Waals surface area contributed by atoms with E-state index in [-0.39, 0.29) is 16.0 Å². The molecule has 1 aliphatic heterocycles. The number of fused-ring (bicyclic) bond motifs is 1. The van der Waals surface area contributed by atoms with E-state index < -0.39 is 10.0 Å². The molecule has 0 aliphatic carbocycles. The van der Waals surface area contributed by atoms with Gasteiger partial charge in [-0.05, 0) is 49.2 Å². The number of amides is 1. The number of carbonyl (C=O) groups is 1. The highest BCUT2D eigenvalue weighted by Crippen LogP contribution is 2.32. The average Bonchev–Trinajstić information content (AvgIpc) is 3.46. The molecule has 2 N–H and O–H groups in total. The zero-order valence-electron chi connectivity index (χ0n) is 17.5. The maximum absolute atomic E-state index is 13.0. The molecular formula is C23H21ClN4O3S2. The molecule has 0 unspecified atom stereocenters. The summed E-state index contributed by atoms with van der Waals surface area (Å²) < 4.78 is 27.7. The molecule has 0 atom stereocenters. The molecule has 33 heavy (non-hydrogen) atoms. The van der Waals surface area contributed by atoms with Crippen LogP contribution >= 0.6 is 22.9 Å². The second-order valence-electron chi connectivity index (χ2n) is 7.87. The van der Waals surface area contributed by atoms with Crippen LogP contribution in [-0.2, 0) is 14.8 Å². The van der Waals surface area contributed by atoms with Gasteiger partial charge in [-0.2, -0.15) is 4.31 Å². The maximum atomic E-state index is 13.0. The lowest BCUT2D eigenvalue weighted by Gasteiger charge is -2.30. The molecule has 0 spiro atoms. The van der Waals surface area contributed by atoms with E-state index in [1.807, 2.05) is 48.5 Å². The van der Waals surface area contributed by atoms with Crippen molar-refractivity contribution < 1.29 is 13.2 Å². The van der Waals surface area contributed by atoms with E-state index in [0.29, 0.717) is 41.8 Å². The molecule has 1 aliphatic rings. The normalized spacial score (nSPS) is 15.7. The number of anilines is 1. The fourth-order valence-electron chi connectivity index (χ4n) is 4.04. The van der Waals surface area contributed by atoms with Crippen LogP contribution in [0.25, 0.3) is 22.4 Å². The first-order valence-electron chi connectivity index (χ1n) is 10.5. The third kappa shape index (κ3) is 4.41. The lowest BCUT2D eigenvalue weighted by atomic mass is 9.97. The highest BCUT2D eigenvalue weighted by atomic mass is 35.5. The van der Waals surface area contributed by atoms with Crippen molar-refractivity contribution in [3.8, 4) is 11.4 Å². The monoisotopic (exact) mass is 500 g/mol. The standard InChI is InChI=1S/C23H21ClN4O3S2/c24-20-9-10-21(32-20)33(30,31)28-13-11-15(12-14-28)23(29)27-17-6-2-1-5-16(17)22-25-18-7-3-4-8-19(18)26-22/h1-10,15H,11-14H2,(H,25,26)(H,27,29). The molecule has 10 heteroatoms. The topological polar surface area (TPSA) is 95.2 Å². The molecule has 0 bridgehead atoms. The Morgan fingerprint density at radius 3 is 2.52 bits per heavy atom. The number of imidazole rings is 1. The van der Waals surface area contributed by atoms with E-state index in [0.717, 1.165) is 27.9 Å². The Hall–Kier alpha value is -2.72. The Labute approximate surface area is 200 Å². The summed E-state index contributed by atoms with van der Waals surface area (Å²) in [6.07, 6.45) is 0.911. The van der Waals surface area contributed by atoms with Crippen molar-refractivity contribution in [3.63, 3.8) is 0 Å². The summed E-state index contributed by atoms with van der Waals surface area (Å²) >= 11 is 6.95. The number of hydrogen-bond donors (Lipinski definition) is 2. The number of rotatable bonds is 5.